The monoisotopic (exact) mass is 698 g/mol. The molecule has 2 fully saturated rings. The number of aryl methyl sites for hydroxylation is 1. The number of likely N-dealkylation sites (tertiary alicyclic amines) is 2. The van der Waals surface area contributed by atoms with Crippen molar-refractivity contribution in [3.05, 3.63) is 99.4 Å². The number of halogens is 1. The molecule has 4 aromatic heterocycles. The highest BCUT2D eigenvalue weighted by molar-refractivity contribution is 7.17. The molecule has 0 aliphatic carbocycles. The van der Waals surface area contributed by atoms with Crippen molar-refractivity contribution in [3.8, 4) is 16.3 Å². The number of methoxy groups -OCH3 is 1. The van der Waals surface area contributed by atoms with E-state index in [2.05, 4.69) is 9.97 Å². The number of aromatic nitrogens is 4. The lowest BCUT2D eigenvalue weighted by molar-refractivity contribution is -0.142. The first-order valence-electron chi connectivity index (χ1n) is 16.7. The number of hydrogen-bond acceptors (Lipinski definition) is 8. The van der Waals surface area contributed by atoms with Gasteiger partial charge in [0.05, 0.1) is 24.6 Å². The molecular weight excluding hydrogens is 660 g/mol. The topological polar surface area (TPSA) is 123 Å². The number of amides is 2. The SMILES string of the molecule is COc1ccc(-c2sc(C(=O)N3CC[C@@H](C(=O)N4CCC(O)(Cn5cnc6c(ccn6C)c5=O)CC4)[C@H](c4ccccc4)C3)c(F)c2C)cn1. The van der Waals surface area contributed by atoms with E-state index in [-0.39, 0.29) is 35.4 Å². The molecular formula is C37H39FN6O5S. The van der Waals surface area contributed by atoms with E-state index in [4.69, 9.17) is 4.74 Å². The Morgan fingerprint density at radius 3 is 2.52 bits per heavy atom. The van der Waals surface area contributed by atoms with Crippen LogP contribution in [-0.2, 0) is 18.4 Å². The van der Waals surface area contributed by atoms with Crippen LogP contribution >= 0.6 is 11.3 Å². The summed E-state index contributed by atoms with van der Waals surface area (Å²) < 4.78 is 24.0. The first kappa shape index (κ1) is 33.6. The fourth-order valence-electron chi connectivity index (χ4n) is 7.30. The number of benzene rings is 1. The highest BCUT2D eigenvalue weighted by atomic mass is 32.1. The fraction of sp³-hybridized carbons (Fsp3) is 0.378. The molecule has 5 aromatic rings. The number of aliphatic hydroxyl groups is 1. The van der Waals surface area contributed by atoms with Crippen LogP contribution in [0.25, 0.3) is 21.5 Å². The van der Waals surface area contributed by atoms with Gasteiger partial charge in [-0.1, -0.05) is 30.3 Å². The first-order chi connectivity index (χ1) is 24.1. The zero-order valence-electron chi connectivity index (χ0n) is 28.2. The molecule has 11 nitrogen and oxygen atoms in total. The largest absolute Gasteiger partial charge is 0.481 e. The van der Waals surface area contributed by atoms with Gasteiger partial charge in [0.1, 0.15) is 22.7 Å². The van der Waals surface area contributed by atoms with Crippen molar-refractivity contribution in [1.82, 2.24) is 28.9 Å². The number of fused-ring (bicyclic) bond motifs is 1. The van der Waals surface area contributed by atoms with Gasteiger partial charge in [-0.3, -0.25) is 19.0 Å². The van der Waals surface area contributed by atoms with Crippen molar-refractivity contribution >= 4 is 34.2 Å². The summed E-state index contributed by atoms with van der Waals surface area (Å²) in [4.78, 5) is 53.9. The molecule has 50 heavy (non-hydrogen) atoms. The van der Waals surface area contributed by atoms with Crippen molar-refractivity contribution < 1.29 is 23.8 Å². The van der Waals surface area contributed by atoms with Gasteiger partial charge in [0.2, 0.25) is 11.8 Å². The summed E-state index contributed by atoms with van der Waals surface area (Å²) >= 11 is 1.11. The van der Waals surface area contributed by atoms with Gasteiger partial charge in [-0.2, -0.15) is 0 Å². The maximum absolute atomic E-state index is 15.6. The predicted octanol–water partition coefficient (Wildman–Crippen LogP) is 4.61. The Balaban J connectivity index is 1.06. The molecule has 0 bridgehead atoms. The molecule has 7 rings (SSSR count). The molecule has 2 aliphatic heterocycles. The van der Waals surface area contributed by atoms with Crippen LogP contribution in [0.1, 0.15) is 46.0 Å². The molecule has 260 valence electrons. The number of pyridine rings is 1. The molecule has 6 heterocycles. The van der Waals surface area contributed by atoms with E-state index in [0.717, 1.165) is 16.9 Å². The standard InChI is InChI=1S/C37H39FN6O5S/c1-23-30(38)32(50-31(23)25-9-10-29(49-3)39-19-25)36(47)43-16-12-26(28(20-43)24-7-5-4-6-8-24)34(45)42-17-13-37(48,14-18-42)21-44-22-40-33-27(35(44)46)11-15-41(33)2/h4-11,15,19,22,26,28,48H,12-14,16-18,20-21H2,1-3H3/t26-,28+/m1/s1. The lowest BCUT2D eigenvalue weighted by Crippen LogP contribution is -2.53. The molecule has 1 N–H and O–H groups in total. The van der Waals surface area contributed by atoms with Crippen molar-refractivity contribution in [3.63, 3.8) is 0 Å². The maximum Gasteiger partial charge on any atom is 0.266 e. The summed E-state index contributed by atoms with van der Waals surface area (Å²) in [7, 11) is 3.35. The fourth-order valence-corrected chi connectivity index (χ4v) is 8.45. The molecule has 0 spiro atoms. The Hall–Kier alpha value is -4.88. The quantitative estimate of drug-likeness (QED) is 0.264. The lowest BCUT2D eigenvalue weighted by atomic mass is 9.79. The second-order valence-electron chi connectivity index (χ2n) is 13.3. The average molecular weight is 699 g/mol. The second-order valence-corrected chi connectivity index (χ2v) is 14.4. The highest BCUT2D eigenvalue weighted by Crippen LogP contribution is 2.39. The van der Waals surface area contributed by atoms with Gasteiger partial charge in [0, 0.05) is 79.5 Å². The summed E-state index contributed by atoms with van der Waals surface area (Å²) in [6.07, 6.45) is 5.91. The van der Waals surface area contributed by atoms with E-state index in [1.165, 1.54) is 18.0 Å². The third kappa shape index (κ3) is 6.20. The molecule has 1 aromatic carbocycles. The Labute approximate surface area is 292 Å². The van der Waals surface area contributed by atoms with Gasteiger partial charge in [0.15, 0.2) is 0 Å². The van der Waals surface area contributed by atoms with Gasteiger partial charge < -0.3 is 24.2 Å². The Bertz CT molecular complexity index is 2100. The van der Waals surface area contributed by atoms with Gasteiger partial charge in [-0.05, 0) is 43.9 Å². The van der Waals surface area contributed by atoms with Crippen molar-refractivity contribution in [1.29, 1.82) is 0 Å². The van der Waals surface area contributed by atoms with Gasteiger partial charge >= 0.3 is 0 Å². The molecule has 2 atom stereocenters. The number of hydrogen-bond donors (Lipinski definition) is 1. The van der Waals surface area contributed by atoms with E-state index in [1.807, 2.05) is 37.4 Å². The molecule has 0 radical (unpaired) electrons. The summed E-state index contributed by atoms with van der Waals surface area (Å²) in [5, 5.41) is 12.0. The predicted molar refractivity (Wildman–Crippen MR) is 188 cm³/mol. The number of piperidine rings is 2. The van der Waals surface area contributed by atoms with Crippen molar-refractivity contribution in [2.75, 3.05) is 33.3 Å². The summed E-state index contributed by atoms with van der Waals surface area (Å²) in [5.41, 5.74) is 1.25. The maximum atomic E-state index is 15.6. The smallest absolute Gasteiger partial charge is 0.266 e. The number of nitrogens with zero attached hydrogens (tertiary/aromatic N) is 6. The van der Waals surface area contributed by atoms with Crippen LogP contribution in [0, 0.1) is 18.7 Å². The zero-order chi connectivity index (χ0) is 35.2. The third-order valence-electron chi connectivity index (χ3n) is 10.2. The second kappa shape index (κ2) is 13.4. The number of ether oxygens (including phenoxy) is 1. The van der Waals surface area contributed by atoms with Crippen LogP contribution in [0.3, 0.4) is 0 Å². The highest BCUT2D eigenvalue weighted by Gasteiger charge is 2.42. The number of rotatable bonds is 7. The number of carbonyl (C=O) groups is 2. The number of carbonyl (C=O) groups excluding carboxylic acids is 2. The summed E-state index contributed by atoms with van der Waals surface area (Å²) in [6, 6.07) is 14.9. The Morgan fingerprint density at radius 1 is 1.06 bits per heavy atom. The van der Waals surface area contributed by atoms with Crippen LogP contribution in [0.15, 0.2) is 72.0 Å². The van der Waals surface area contributed by atoms with Crippen molar-refractivity contribution in [2.24, 2.45) is 13.0 Å². The van der Waals surface area contributed by atoms with Gasteiger partial charge in [-0.15, -0.1) is 11.3 Å². The van der Waals surface area contributed by atoms with Crippen LogP contribution in [-0.4, -0.2) is 84.7 Å². The van der Waals surface area contributed by atoms with E-state index in [9.17, 15) is 19.5 Å². The van der Waals surface area contributed by atoms with Gasteiger partial charge in [0.25, 0.3) is 11.5 Å². The Kier molecular flexibility index (Phi) is 9.04. The van der Waals surface area contributed by atoms with Gasteiger partial charge in [-0.25, -0.2) is 14.4 Å². The minimum absolute atomic E-state index is 0.0232. The Morgan fingerprint density at radius 2 is 1.82 bits per heavy atom. The third-order valence-corrected chi connectivity index (χ3v) is 11.5. The normalized spacial score (nSPS) is 19.1. The van der Waals surface area contributed by atoms with E-state index in [0.29, 0.717) is 71.8 Å². The molecule has 0 unspecified atom stereocenters. The minimum Gasteiger partial charge on any atom is -0.481 e. The van der Waals surface area contributed by atoms with Crippen LogP contribution in [0.2, 0.25) is 0 Å². The molecule has 2 aliphatic rings. The molecule has 2 saturated heterocycles. The van der Waals surface area contributed by atoms with Crippen molar-refractivity contribution in [2.45, 2.75) is 44.2 Å². The van der Waals surface area contributed by atoms with E-state index < -0.39 is 23.2 Å². The first-order valence-corrected chi connectivity index (χ1v) is 17.5. The minimum atomic E-state index is -1.16. The van der Waals surface area contributed by atoms with E-state index >= 15 is 4.39 Å². The zero-order valence-corrected chi connectivity index (χ0v) is 29.0. The van der Waals surface area contributed by atoms with E-state index in [1.54, 1.807) is 51.9 Å². The van der Waals surface area contributed by atoms with Crippen LogP contribution in [0.4, 0.5) is 4.39 Å². The summed E-state index contributed by atoms with van der Waals surface area (Å²) in [6.45, 7) is 3.02. The average Bonchev–Trinajstić information content (AvgIpc) is 3.67. The molecule has 2 amide bonds. The van der Waals surface area contributed by atoms with Crippen LogP contribution in [0.5, 0.6) is 5.88 Å². The van der Waals surface area contributed by atoms with Crippen LogP contribution < -0.4 is 10.3 Å². The number of thiophene rings is 1. The lowest BCUT2D eigenvalue weighted by Gasteiger charge is -2.43. The molecule has 0 saturated carbocycles. The summed E-state index contributed by atoms with van der Waals surface area (Å²) in [5.74, 6) is -1.20. The molecule has 13 heteroatoms.